The average Bonchev–Trinajstić information content (AvgIpc) is 0.811. The van der Waals surface area contributed by atoms with Crippen molar-refractivity contribution in [2.24, 2.45) is 0 Å². The Balaban J connectivity index is 0. The topological polar surface area (TPSA) is 54.4 Å². The monoisotopic (exact) mass is 246 g/mol. The molecular weight excluding hydrogens is 243 g/mol. The summed E-state index contributed by atoms with van der Waals surface area (Å²) in [6, 6.07) is 0. The molecule has 0 unspecified atom stereocenters. The van der Waals surface area contributed by atoms with Crippen LogP contribution < -0.4 is 0 Å². The van der Waals surface area contributed by atoms with Gasteiger partial charge in [-0.25, -0.2) is 8.42 Å². The maximum absolute atomic E-state index is 8.59. The Hall–Kier alpha value is 1.18. The molecular formula is H2DyO3S. The van der Waals surface area contributed by atoms with Gasteiger partial charge in [-0.15, -0.1) is 0 Å². The van der Waals surface area contributed by atoms with Crippen molar-refractivity contribution in [3.8, 4) is 0 Å². The molecule has 5 heteroatoms. The Kier molecular flexibility index (Phi) is 9.84. The van der Waals surface area contributed by atoms with Crippen molar-refractivity contribution in [3.63, 3.8) is 0 Å². The normalized spacial score (nSPS) is 6.80. The Labute approximate surface area is 61.6 Å². The predicted molar refractivity (Wildman–Crippen MR) is 12.9 cm³/mol. The molecule has 0 spiro atoms. The molecule has 0 aliphatic carbocycles. The van der Waals surface area contributed by atoms with Crippen LogP contribution in [0.3, 0.4) is 0 Å². The van der Waals surface area contributed by atoms with Crippen molar-refractivity contribution < 1.29 is 51.1 Å². The number of hydrogen-bond donors (Lipinski definition) is 2. The largest absolute Gasteiger partial charge is 0.288 e. The van der Waals surface area contributed by atoms with Gasteiger partial charge in [0.2, 0.25) is 0 Å². The number of thiol groups is 1. The Bertz CT molecular complexity index is 55.3. The van der Waals surface area contributed by atoms with E-state index in [-0.39, 0.29) is 38.2 Å². The molecule has 3 nitrogen and oxygen atoms in total. The van der Waals surface area contributed by atoms with Crippen LogP contribution in [0.4, 0.5) is 0 Å². The third kappa shape index (κ3) is 37.5. The van der Waals surface area contributed by atoms with Crippen LogP contribution in [0, 0.1) is 38.2 Å². The Morgan fingerprint density at radius 2 is 1.40 bits per heavy atom. The quantitative estimate of drug-likeness (QED) is 0.428. The summed E-state index contributed by atoms with van der Waals surface area (Å²) in [4.78, 5) is 0. The summed E-state index contributed by atoms with van der Waals surface area (Å²) in [7, 11) is -3.12. The SMILES string of the molecule is O=[SH](=O)O.[Dy]. The maximum Gasteiger partial charge on any atom is 0.254 e. The van der Waals surface area contributed by atoms with Gasteiger partial charge in [-0.1, -0.05) is 0 Å². The summed E-state index contributed by atoms with van der Waals surface area (Å²) < 4.78 is 24.2. The Morgan fingerprint density at radius 3 is 1.40 bits per heavy atom. The first kappa shape index (κ1) is 9.49. The molecule has 0 saturated heterocycles. The van der Waals surface area contributed by atoms with Crippen LogP contribution in [0.2, 0.25) is 0 Å². The molecule has 0 radical (unpaired) electrons. The van der Waals surface area contributed by atoms with E-state index in [9.17, 15) is 0 Å². The molecule has 0 aromatic carbocycles. The third-order valence-corrected chi connectivity index (χ3v) is 0. The van der Waals surface area contributed by atoms with Crippen molar-refractivity contribution in [2.45, 2.75) is 0 Å². The minimum Gasteiger partial charge on any atom is -0.288 e. The van der Waals surface area contributed by atoms with E-state index in [1.807, 2.05) is 0 Å². The summed E-state index contributed by atoms with van der Waals surface area (Å²) in [5, 5.41) is 0. The van der Waals surface area contributed by atoms with Gasteiger partial charge in [0, 0.05) is 38.2 Å². The minimum absolute atomic E-state index is 0. The zero-order chi connectivity index (χ0) is 3.58. The molecule has 0 aliphatic heterocycles. The van der Waals surface area contributed by atoms with Crippen LogP contribution in [-0.2, 0) is 11.0 Å². The predicted octanol–water partition coefficient (Wildman–Crippen LogP) is -0.929. The first-order valence-electron chi connectivity index (χ1n) is 0.565. The van der Waals surface area contributed by atoms with Crippen molar-refractivity contribution in [3.05, 3.63) is 0 Å². The zero-order valence-electron chi connectivity index (χ0n) is 2.03. The van der Waals surface area contributed by atoms with Crippen LogP contribution in [0.25, 0.3) is 0 Å². The molecule has 5 heavy (non-hydrogen) atoms. The summed E-state index contributed by atoms with van der Waals surface area (Å²) in [5.41, 5.74) is 0. The first-order valence-corrected chi connectivity index (χ1v) is 1.70. The zero-order valence-corrected chi connectivity index (χ0v) is 4.95. The van der Waals surface area contributed by atoms with E-state index < -0.39 is 11.0 Å². The van der Waals surface area contributed by atoms with Gasteiger partial charge in [0.05, 0.1) is 0 Å². The Morgan fingerprint density at radius 1 is 1.40 bits per heavy atom. The van der Waals surface area contributed by atoms with Crippen molar-refractivity contribution in [2.75, 3.05) is 0 Å². The van der Waals surface area contributed by atoms with E-state index in [2.05, 4.69) is 0 Å². The van der Waals surface area contributed by atoms with Crippen LogP contribution in [0.5, 0.6) is 0 Å². The van der Waals surface area contributed by atoms with Gasteiger partial charge in [0.1, 0.15) is 0 Å². The van der Waals surface area contributed by atoms with Gasteiger partial charge < -0.3 is 0 Å². The third-order valence-electron chi connectivity index (χ3n) is 0. The van der Waals surface area contributed by atoms with E-state index >= 15 is 0 Å². The fraction of sp³-hybridized carbons (Fsp3) is 0. The van der Waals surface area contributed by atoms with E-state index in [1.54, 1.807) is 0 Å². The van der Waals surface area contributed by atoms with Crippen LogP contribution >= 0.6 is 0 Å². The average molecular weight is 245 g/mol. The molecule has 0 fully saturated rings. The second kappa shape index (κ2) is 5.18. The van der Waals surface area contributed by atoms with Crippen LogP contribution in [0.15, 0.2) is 0 Å². The number of hydrogen-bond acceptors (Lipinski definition) is 2. The van der Waals surface area contributed by atoms with Crippen molar-refractivity contribution >= 4 is 11.0 Å². The molecule has 36 valence electrons. The minimum atomic E-state index is -3.12. The van der Waals surface area contributed by atoms with Gasteiger partial charge in [0.25, 0.3) is 11.0 Å². The molecule has 0 atom stereocenters. The second-order valence-corrected chi connectivity index (χ2v) is 0.714. The fourth-order valence-corrected chi connectivity index (χ4v) is 0. The molecule has 1 N–H and O–H groups in total. The standard InChI is InChI=1S/Dy.H2O3S/c;1-4(2)3/h;4H,(H,1,2,3). The molecule has 0 rings (SSSR count). The van der Waals surface area contributed by atoms with E-state index in [4.69, 9.17) is 13.0 Å². The smallest absolute Gasteiger partial charge is 0.254 e. The van der Waals surface area contributed by atoms with Crippen molar-refractivity contribution in [1.82, 2.24) is 0 Å². The number of rotatable bonds is 0. The van der Waals surface area contributed by atoms with E-state index in [1.165, 1.54) is 0 Å². The molecule has 0 bridgehead atoms. The van der Waals surface area contributed by atoms with E-state index in [0.717, 1.165) is 0 Å². The van der Waals surface area contributed by atoms with Crippen molar-refractivity contribution in [1.29, 1.82) is 0 Å². The summed E-state index contributed by atoms with van der Waals surface area (Å²) in [5.74, 6) is 0. The van der Waals surface area contributed by atoms with Crippen LogP contribution in [0.1, 0.15) is 0 Å². The second-order valence-electron chi connectivity index (χ2n) is 0.238. The van der Waals surface area contributed by atoms with Gasteiger partial charge >= 0.3 is 0 Å². The van der Waals surface area contributed by atoms with E-state index in [0.29, 0.717) is 0 Å². The summed E-state index contributed by atoms with van der Waals surface area (Å²) in [6.07, 6.45) is 0. The van der Waals surface area contributed by atoms with Gasteiger partial charge in [-0.3, -0.25) is 4.55 Å². The van der Waals surface area contributed by atoms with Gasteiger partial charge in [-0.05, 0) is 0 Å². The summed E-state index contributed by atoms with van der Waals surface area (Å²) in [6.45, 7) is 0. The molecule has 0 saturated carbocycles. The van der Waals surface area contributed by atoms with Crippen LogP contribution in [-0.4, -0.2) is 13.0 Å². The fourth-order valence-electron chi connectivity index (χ4n) is 0. The van der Waals surface area contributed by atoms with Gasteiger partial charge in [0.15, 0.2) is 0 Å². The summed E-state index contributed by atoms with van der Waals surface area (Å²) >= 11 is 0. The molecule has 0 aliphatic rings. The first-order chi connectivity index (χ1) is 1.73. The molecule has 0 aromatic rings. The molecule has 0 aromatic heterocycles. The maximum atomic E-state index is 8.59. The molecule has 0 heterocycles. The molecule has 0 amide bonds. The van der Waals surface area contributed by atoms with Gasteiger partial charge in [-0.2, -0.15) is 0 Å².